The monoisotopic (exact) mass is 299 g/mol. The normalized spacial score (nSPS) is 12.2. The van der Waals surface area contributed by atoms with Crippen LogP contribution in [0.15, 0.2) is 42.5 Å². The van der Waals surface area contributed by atoms with Crippen LogP contribution in [0.4, 0.5) is 0 Å². The summed E-state index contributed by atoms with van der Waals surface area (Å²) in [7, 11) is 0. The predicted octanol–water partition coefficient (Wildman–Crippen LogP) is 4.64. The van der Waals surface area contributed by atoms with Crippen molar-refractivity contribution in [3.05, 3.63) is 58.1 Å². The number of nitrogens with zero attached hydrogens (tertiary/aromatic N) is 1. The Hall–Kier alpha value is -2.23. The number of hydrogen-bond donors (Lipinski definition) is 0. The first-order valence-corrected chi connectivity index (χ1v) is 7.77. The maximum absolute atomic E-state index is 12.3. The summed E-state index contributed by atoms with van der Waals surface area (Å²) in [5.74, 6) is -0.149. The van der Waals surface area contributed by atoms with Crippen molar-refractivity contribution in [1.29, 1.82) is 0 Å². The van der Waals surface area contributed by atoms with Gasteiger partial charge >= 0.3 is 0 Å². The lowest BCUT2D eigenvalue weighted by molar-refractivity contribution is -0.522. The highest BCUT2D eigenvalue weighted by Crippen LogP contribution is 2.19. The van der Waals surface area contributed by atoms with E-state index in [0.717, 1.165) is 30.0 Å². The highest BCUT2D eigenvalue weighted by molar-refractivity contribution is 6.00. The average molecular weight is 299 g/mol. The van der Waals surface area contributed by atoms with Crippen LogP contribution in [0, 0.1) is 10.1 Å². The van der Waals surface area contributed by atoms with E-state index in [2.05, 4.69) is 6.92 Å². The van der Waals surface area contributed by atoms with Crippen molar-refractivity contribution < 1.29 is 9.72 Å². The van der Waals surface area contributed by atoms with Gasteiger partial charge < -0.3 is 0 Å². The number of unbranched alkanes of at least 4 members (excludes halogenated alkanes) is 2. The quantitative estimate of drug-likeness (QED) is 0.309. The van der Waals surface area contributed by atoms with Gasteiger partial charge in [0.05, 0.1) is 6.42 Å². The average Bonchev–Trinajstić information content (AvgIpc) is 2.53. The van der Waals surface area contributed by atoms with Gasteiger partial charge in [-0.15, -0.1) is 0 Å². The molecule has 2 aromatic rings. The summed E-state index contributed by atoms with van der Waals surface area (Å²) >= 11 is 0. The van der Waals surface area contributed by atoms with Gasteiger partial charge in [0.15, 0.2) is 5.78 Å². The van der Waals surface area contributed by atoms with Crippen molar-refractivity contribution in [2.45, 2.75) is 45.1 Å². The summed E-state index contributed by atoms with van der Waals surface area (Å²) in [6.07, 6.45) is 3.24. The molecule has 22 heavy (non-hydrogen) atoms. The third-order valence-corrected chi connectivity index (χ3v) is 3.93. The Morgan fingerprint density at radius 2 is 1.86 bits per heavy atom. The van der Waals surface area contributed by atoms with Crippen LogP contribution >= 0.6 is 0 Å². The molecule has 1 unspecified atom stereocenters. The lowest BCUT2D eigenvalue weighted by Gasteiger charge is -2.09. The van der Waals surface area contributed by atoms with E-state index >= 15 is 0 Å². The van der Waals surface area contributed by atoms with Crippen molar-refractivity contribution in [2.75, 3.05) is 0 Å². The standard InChI is InChI=1S/C18H21NO3/c1-2-3-4-9-17(19(21)22)13-18(20)16-11-10-14-7-5-6-8-15(14)12-16/h5-8,10-12,17H,2-4,9,13H2,1H3. The molecule has 0 amide bonds. The molecule has 2 rings (SSSR count). The zero-order valence-corrected chi connectivity index (χ0v) is 12.8. The summed E-state index contributed by atoms with van der Waals surface area (Å²) in [4.78, 5) is 23.1. The van der Waals surface area contributed by atoms with Gasteiger partial charge in [0.2, 0.25) is 6.04 Å². The molecular formula is C18H21NO3. The summed E-state index contributed by atoms with van der Waals surface area (Å²) in [6, 6.07) is 12.5. The van der Waals surface area contributed by atoms with Gasteiger partial charge in [0.1, 0.15) is 0 Å². The van der Waals surface area contributed by atoms with Crippen molar-refractivity contribution in [3.63, 3.8) is 0 Å². The smallest absolute Gasteiger partial charge is 0.220 e. The molecule has 1 atom stereocenters. The molecular weight excluding hydrogens is 278 g/mol. The molecule has 0 aromatic heterocycles. The van der Waals surface area contributed by atoms with E-state index < -0.39 is 6.04 Å². The molecule has 0 fully saturated rings. The van der Waals surface area contributed by atoms with E-state index in [4.69, 9.17) is 0 Å². The first kappa shape index (κ1) is 16.1. The number of ketones is 1. The molecule has 0 saturated carbocycles. The molecule has 0 spiro atoms. The Balaban J connectivity index is 2.09. The SMILES string of the molecule is CCCCCC(CC(=O)c1ccc2ccccc2c1)[N+](=O)[O-]. The fourth-order valence-electron chi connectivity index (χ4n) is 2.61. The van der Waals surface area contributed by atoms with Crippen LogP contribution in [0.5, 0.6) is 0 Å². The summed E-state index contributed by atoms with van der Waals surface area (Å²) in [5, 5.41) is 13.2. The summed E-state index contributed by atoms with van der Waals surface area (Å²) < 4.78 is 0. The van der Waals surface area contributed by atoms with Crippen LogP contribution in [0.1, 0.15) is 49.4 Å². The number of hydrogen-bond acceptors (Lipinski definition) is 3. The summed E-state index contributed by atoms with van der Waals surface area (Å²) in [6.45, 7) is 2.06. The number of carbonyl (C=O) groups excluding carboxylic acids is 1. The van der Waals surface area contributed by atoms with E-state index in [1.54, 1.807) is 6.07 Å². The predicted molar refractivity (Wildman–Crippen MR) is 87.8 cm³/mol. The van der Waals surface area contributed by atoms with Gasteiger partial charge in [-0.1, -0.05) is 56.2 Å². The van der Waals surface area contributed by atoms with Gasteiger partial charge in [-0.2, -0.15) is 0 Å². The molecule has 0 bridgehead atoms. The topological polar surface area (TPSA) is 60.2 Å². The molecule has 4 heteroatoms. The fourth-order valence-corrected chi connectivity index (χ4v) is 2.61. The van der Waals surface area contributed by atoms with E-state index in [-0.39, 0.29) is 17.1 Å². The minimum absolute atomic E-state index is 0.0188. The highest BCUT2D eigenvalue weighted by atomic mass is 16.6. The van der Waals surface area contributed by atoms with Gasteiger partial charge in [-0.25, -0.2) is 0 Å². The largest absolute Gasteiger partial charge is 0.294 e. The number of Topliss-reactive ketones (excluding diaryl/α,β-unsaturated/α-hetero) is 1. The van der Waals surface area contributed by atoms with Crippen LogP contribution in [-0.2, 0) is 0 Å². The number of fused-ring (bicyclic) bond motifs is 1. The van der Waals surface area contributed by atoms with Crippen molar-refractivity contribution >= 4 is 16.6 Å². The van der Waals surface area contributed by atoms with E-state index in [1.165, 1.54) is 0 Å². The third kappa shape index (κ3) is 4.13. The van der Waals surface area contributed by atoms with E-state index in [0.29, 0.717) is 12.0 Å². The van der Waals surface area contributed by atoms with Crippen molar-refractivity contribution in [3.8, 4) is 0 Å². The molecule has 0 aliphatic carbocycles. The molecule has 0 aliphatic heterocycles. The van der Waals surface area contributed by atoms with Crippen LogP contribution in [0.2, 0.25) is 0 Å². The Bertz CT molecular complexity index is 666. The Labute approximate surface area is 130 Å². The number of nitro groups is 1. The van der Waals surface area contributed by atoms with Crippen LogP contribution < -0.4 is 0 Å². The Morgan fingerprint density at radius 1 is 1.14 bits per heavy atom. The molecule has 2 aromatic carbocycles. The van der Waals surface area contributed by atoms with Crippen molar-refractivity contribution in [1.82, 2.24) is 0 Å². The number of benzene rings is 2. The fraction of sp³-hybridized carbons (Fsp3) is 0.389. The van der Waals surface area contributed by atoms with Gasteiger partial charge in [0, 0.05) is 16.9 Å². The second kappa shape index (κ2) is 7.69. The minimum atomic E-state index is -0.773. The maximum atomic E-state index is 12.3. The molecule has 0 aliphatic rings. The maximum Gasteiger partial charge on any atom is 0.220 e. The zero-order chi connectivity index (χ0) is 15.9. The Morgan fingerprint density at radius 3 is 2.55 bits per heavy atom. The van der Waals surface area contributed by atoms with Crippen LogP contribution in [-0.4, -0.2) is 16.7 Å². The third-order valence-electron chi connectivity index (χ3n) is 3.93. The second-order valence-corrected chi connectivity index (χ2v) is 5.62. The lowest BCUT2D eigenvalue weighted by atomic mass is 9.98. The van der Waals surface area contributed by atoms with Gasteiger partial charge in [0.25, 0.3) is 0 Å². The summed E-state index contributed by atoms with van der Waals surface area (Å²) in [5.41, 5.74) is 0.557. The minimum Gasteiger partial charge on any atom is -0.294 e. The van der Waals surface area contributed by atoms with Gasteiger partial charge in [-0.3, -0.25) is 14.9 Å². The van der Waals surface area contributed by atoms with E-state index in [9.17, 15) is 14.9 Å². The molecule has 0 radical (unpaired) electrons. The number of rotatable bonds is 8. The lowest BCUT2D eigenvalue weighted by Crippen LogP contribution is -2.23. The van der Waals surface area contributed by atoms with Crippen LogP contribution in [0.3, 0.4) is 0 Å². The Kier molecular flexibility index (Phi) is 5.64. The number of carbonyl (C=O) groups is 1. The van der Waals surface area contributed by atoms with Gasteiger partial charge in [-0.05, 0) is 23.3 Å². The molecule has 4 nitrogen and oxygen atoms in total. The van der Waals surface area contributed by atoms with E-state index in [1.807, 2.05) is 36.4 Å². The molecule has 0 N–H and O–H groups in total. The second-order valence-electron chi connectivity index (χ2n) is 5.62. The molecule has 0 heterocycles. The first-order valence-electron chi connectivity index (χ1n) is 7.77. The van der Waals surface area contributed by atoms with Crippen molar-refractivity contribution in [2.24, 2.45) is 0 Å². The zero-order valence-electron chi connectivity index (χ0n) is 12.8. The highest BCUT2D eigenvalue weighted by Gasteiger charge is 2.24. The molecule has 0 saturated heterocycles. The first-order chi connectivity index (χ1) is 10.6. The molecule has 116 valence electrons. The van der Waals surface area contributed by atoms with Crippen LogP contribution in [0.25, 0.3) is 10.8 Å².